The van der Waals surface area contributed by atoms with Gasteiger partial charge in [0, 0.05) is 49.3 Å². The molecule has 2 heterocycles. The summed E-state index contributed by atoms with van der Waals surface area (Å²) in [5.74, 6) is -0.0327. The van der Waals surface area contributed by atoms with Gasteiger partial charge in [0.15, 0.2) is 0 Å². The summed E-state index contributed by atoms with van der Waals surface area (Å²) >= 11 is 0. The first-order valence-electron chi connectivity index (χ1n) is 12.1. The molecule has 0 saturated heterocycles. The molecular formula is C28H30N4O2. The molecule has 5 rings (SSSR count). The minimum Gasteiger partial charge on any atom is -0.366 e. The van der Waals surface area contributed by atoms with Crippen LogP contribution >= 0.6 is 0 Å². The lowest BCUT2D eigenvalue weighted by atomic mass is 9.98. The van der Waals surface area contributed by atoms with Crippen molar-refractivity contribution in [3.05, 3.63) is 89.2 Å². The molecule has 0 radical (unpaired) electrons. The number of pyridine rings is 1. The van der Waals surface area contributed by atoms with E-state index < -0.39 is 0 Å². The Kier molecular flexibility index (Phi) is 6.56. The lowest BCUT2D eigenvalue weighted by Crippen LogP contribution is -2.33. The lowest BCUT2D eigenvalue weighted by molar-refractivity contribution is -0.119. The molecule has 0 bridgehead atoms. The van der Waals surface area contributed by atoms with Crippen molar-refractivity contribution in [2.24, 2.45) is 5.92 Å². The molecular weight excluding hydrogens is 424 g/mol. The summed E-state index contributed by atoms with van der Waals surface area (Å²) in [6.07, 6.45) is 8.50. The molecule has 174 valence electrons. The molecule has 1 fully saturated rings. The summed E-state index contributed by atoms with van der Waals surface area (Å²) in [7, 11) is 0. The van der Waals surface area contributed by atoms with Crippen molar-refractivity contribution in [3.8, 4) is 0 Å². The summed E-state index contributed by atoms with van der Waals surface area (Å²) in [5.41, 5.74) is 5.72. The first-order valence-corrected chi connectivity index (χ1v) is 12.1. The molecule has 1 aliphatic carbocycles. The van der Waals surface area contributed by atoms with E-state index in [4.69, 9.17) is 0 Å². The summed E-state index contributed by atoms with van der Waals surface area (Å²) in [6.45, 7) is 1.99. The smallest absolute Gasteiger partial charge is 0.253 e. The average Bonchev–Trinajstić information content (AvgIpc) is 3.43. The number of nitrogens with zero attached hydrogens (tertiary/aromatic N) is 2. The van der Waals surface area contributed by atoms with Gasteiger partial charge in [0.25, 0.3) is 5.91 Å². The van der Waals surface area contributed by atoms with E-state index in [-0.39, 0.29) is 17.7 Å². The quantitative estimate of drug-likeness (QED) is 0.566. The Balaban J connectivity index is 1.40. The summed E-state index contributed by atoms with van der Waals surface area (Å²) in [4.78, 5) is 32.4. The maximum atomic E-state index is 13.4. The van der Waals surface area contributed by atoms with E-state index in [1.807, 2.05) is 30.3 Å². The Bertz CT molecular complexity index is 1170. The molecule has 6 nitrogen and oxygen atoms in total. The SMILES string of the molecule is O=C(NCc1cccnc1)c1cc(NC(=O)C2CCCC2)ccc1N1CCc2ccccc2C1. The Morgan fingerprint density at radius 1 is 1.00 bits per heavy atom. The highest BCUT2D eigenvalue weighted by molar-refractivity contribution is 6.02. The van der Waals surface area contributed by atoms with Gasteiger partial charge in [0.05, 0.1) is 5.56 Å². The van der Waals surface area contributed by atoms with Crippen LogP contribution in [-0.4, -0.2) is 23.3 Å². The van der Waals surface area contributed by atoms with Crippen LogP contribution in [0.2, 0.25) is 0 Å². The molecule has 2 aromatic carbocycles. The van der Waals surface area contributed by atoms with Gasteiger partial charge in [-0.3, -0.25) is 14.6 Å². The van der Waals surface area contributed by atoms with Crippen molar-refractivity contribution >= 4 is 23.2 Å². The minimum atomic E-state index is -0.158. The number of fused-ring (bicyclic) bond motifs is 1. The first-order chi connectivity index (χ1) is 16.7. The van der Waals surface area contributed by atoms with Crippen molar-refractivity contribution < 1.29 is 9.59 Å². The first kappa shape index (κ1) is 22.1. The van der Waals surface area contributed by atoms with Crippen molar-refractivity contribution in [1.82, 2.24) is 10.3 Å². The molecule has 2 amide bonds. The average molecular weight is 455 g/mol. The van der Waals surface area contributed by atoms with E-state index in [9.17, 15) is 9.59 Å². The monoisotopic (exact) mass is 454 g/mol. The number of nitrogens with one attached hydrogen (secondary N) is 2. The molecule has 6 heteroatoms. The van der Waals surface area contributed by atoms with E-state index in [2.05, 4.69) is 44.8 Å². The molecule has 0 unspecified atom stereocenters. The van der Waals surface area contributed by atoms with Gasteiger partial charge in [-0.15, -0.1) is 0 Å². The second-order valence-electron chi connectivity index (χ2n) is 9.19. The molecule has 0 atom stereocenters. The third-order valence-corrected chi connectivity index (χ3v) is 6.88. The maximum absolute atomic E-state index is 13.4. The predicted molar refractivity (Wildman–Crippen MR) is 134 cm³/mol. The van der Waals surface area contributed by atoms with Crippen molar-refractivity contribution in [3.63, 3.8) is 0 Å². The topological polar surface area (TPSA) is 74.3 Å². The van der Waals surface area contributed by atoms with E-state index in [0.717, 1.165) is 56.4 Å². The molecule has 2 aliphatic rings. The summed E-state index contributed by atoms with van der Waals surface area (Å²) in [5, 5.41) is 6.08. The predicted octanol–water partition coefficient (Wildman–Crippen LogP) is 4.70. The van der Waals surface area contributed by atoms with Gasteiger partial charge in [0.2, 0.25) is 5.91 Å². The molecule has 0 spiro atoms. The molecule has 1 aliphatic heterocycles. The van der Waals surface area contributed by atoms with Crippen LogP contribution in [0, 0.1) is 5.92 Å². The normalized spacial score (nSPS) is 15.6. The van der Waals surface area contributed by atoms with Gasteiger partial charge in [-0.2, -0.15) is 0 Å². The number of carbonyl (C=O) groups is 2. The Morgan fingerprint density at radius 3 is 2.62 bits per heavy atom. The third-order valence-electron chi connectivity index (χ3n) is 6.88. The van der Waals surface area contributed by atoms with Crippen LogP contribution in [0.4, 0.5) is 11.4 Å². The van der Waals surface area contributed by atoms with Crippen LogP contribution in [0.15, 0.2) is 67.0 Å². The van der Waals surface area contributed by atoms with Crippen molar-refractivity contribution in [1.29, 1.82) is 0 Å². The zero-order valence-corrected chi connectivity index (χ0v) is 19.3. The number of carbonyl (C=O) groups excluding carboxylic acids is 2. The number of amides is 2. The van der Waals surface area contributed by atoms with Gasteiger partial charge in [-0.05, 0) is 60.2 Å². The largest absolute Gasteiger partial charge is 0.366 e. The number of hydrogen-bond acceptors (Lipinski definition) is 4. The molecule has 1 saturated carbocycles. The zero-order chi connectivity index (χ0) is 23.3. The Labute approximate surface area is 200 Å². The molecule has 2 N–H and O–H groups in total. The fraction of sp³-hybridized carbons (Fsp3) is 0.321. The van der Waals surface area contributed by atoms with Crippen LogP contribution in [-0.2, 0) is 24.3 Å². The van der Waals surface area contributed by atoms with E-state index in [0.29, 0.717) is 17.8 Å². The summed E-state index contributed by atoms with van der Waals surface area (Å²) in [6, 6.07) is 18.0. The fourth-order valence-electron chi connectivity index (χ4n) is 4.99. The number of benzene rings is 2. The maximum Gasteiger partial charge on any atom is 0.253 e. The van der Waals surface area contributed by atoms with Crippen LogP contribution in [0.25, 0.3) is 0 Å². The highest BCUT2D eigenvalue weighted by atomic mass is 16.2. The fourth-order valence-corrected chi connectivity index (χ4v) is 4.99. The van der Waals surface area contributed by atoms with Crippen LogP contribution < -0.4 is 15.5 Å². The van der Waals surface area contributed by atoms with Gasteiger partial charge in [-0.1, -0.05) is 43.2 Å². The van der Waals surface area contributed by atoms with E-state index >= 15 is 0 Å². The highest BCUT2D eigenvalue weighted by Gasteiger charge is 2.25. The second kappa shape index (κ2) is 10.1. The number of hydrogen-bond donors (Lipinski definition) is 2. The van der Waals surface area contributed by atoms with E-state index in [1.54, 1.807) is 12.4 Å². The highest BCUT2D eigenvalue weighted by Crippen LogP contribution is 2.31. The van der Waals surface area contributed by atoms with Crippen LogP contribution in [0.1, 0.15) is 52.7 Å². The zero-order valence-electron chi connectivity index (χ0n) is 19.3. The van der Waals surface area contributed by atoms with Crippen LogP contribution in [0.5, 0.6) is 0 Å². The van der Waals surface area contributed by atoms with Gasteiger partial charge in [-0.25, -0.2) is 0 Å². The van der Waals surface area contributed by atoms with Crippen LogP contribution in [0.3, 0.4) is 0 Å². The Hall–Kier alpha value is -3.67. The van der Waals surface area contributed by atoms with Gasteiger partial charge < -0.3 is 15.5 Å². The number of aromatic nitrogens is 1. The third kappa shape index (κ3) is 4.96. The second-order valence-corrected chi connectivity index (χ2v) is 9.19. The lowest BCUT2D eigenvalue weighted by Gasteiger charge is -2.32. The number of anilines is 2. The van der Waals surface area contributed by atoms with E-state index in [1.165, 1.54) is 11.1 Å². The number of rotatable bonds is 6. The molecule has 3 aromatic rings. The van der Waals surface area contributed by atoms with Gasteiger partial charge in [0.1, 0.15) is 0 Å². The van der Waals surface area contributed by atoms with Crippen molar-refractivity contribution in [2.75, 3.05) is 16.8 Å². The summed E-state index contributed by atoms with van der Waals surface area (Å²) < 4.78 is 0. The van der Waals surface area contributed by atoms with Gasteiger partial charge >= 0.3 is 0 Å². The standard InChI is InChI=1S/C28H30N4O2/c33-27(22-8-2-3-9-22)31-24-11-12-26(32-15-13-21-7-1-4-10-23(21)19-32)25(16-24)28(34)30-18-20-6-5-14-29-17-20/h1,4-7,10-12,14,16-17,22H,2-3,8-9,13,15,18-19H2,(H,30,34)(H,31,33). The Morgan fingerprint density at radius 2 is 1.82 bits per heavy atom. The van der Waals surface area contributed by atoms with Crippen molar-refractivity contribution in [2.45, 2.75) is 45.2 Å². The molecule has 34 heavy (non-hydrogen) atoms. The minimum absolute atomic E-state index is 0.0545. The molecule has 1 aromatic heterocycles.